The van der Waals surface area contributed by atoms with Gasteiger partial charge in [-0.3, -0.25) is 4.79 Å². The Hall–Kier alpha value is -2.00. The minimum atomic E-state index is -0.967. The molecule has 0 fully saturated rings. The molecule has 0 aliphatic heterocycles. The quantitative estimate of drug-likeness (QED) is 0.750. The van der Waals surface area contributed by atoms with Gasteiger partial charge in [0.05, 0.1) is 5.41 Å². The van der Waals surface area contributed by atoms with Crippen LogP contribution in [0, 0.1) is 5.82 Å². The molecular weight excluding hydrogens is 301 g/mol. The van der Waals surface area contributed by atoms with Crippen molar-refractivity contribution in [3.8, 4) is 0 Å². The van der Waals surface area contributed by atoms with Gasteiger partial charge < -0.3 is 4.90 Å². The summed E-state index contributed by atoms with van der Waals surface area (Å²) in [5, 5.41) is 0. The first-order valence-electron chi connectivity index (χ1n) is 8.43. The van der Waals surface area contributed by atoms with Crippen molar-refractivity contribution < 1.29 is 9.18 Å². The molecule has 0 aromatic heterocycles. The van der Waals surface area contributed by atoms with Crippen LogP contribution in [0.4, 0.5) is 4.39 Å². The first kappa shape index (κ1) is 18.3. The van der Waals surface area contributed by atoms with Gasteiger partial charge in [0.1, 0.15) is 11.6 Å². The Morgan fingerprint density at radius 2 is 1.67 bits per heavy atom. The lowest BCUT2D eigenvalue weighted by Crippen LogP contribution is -2.43. The molecule has 0 N–H and O–H groups in total. The van der Waals surface area contributed by atoms with Crippen LogP contribution in [0.5, 0.6) is 0 Å². The Morgan fingerprint density at radius 3 is 2.21 bits per heavy atom. The van der Waals surface area contributed by atoms with E-state index in [1.807, 2.05) is 51.4 Å². The highest BCUT2D eigenvalue weighted by Gasteiger charge is 2.43. The molecule has 0 radical (unpaired) electrons. The lowest BCUT2D eigenvalue weighted by Gasteiger charge is -2.37. The standard InChI is InChI=1S/C21H26FNO/c1-5-20(24)21(15-16(2)23(3)4,17-11-7-6-8-12-17)18-13-9-10-14-19(18)22/h6-14,16H,5,15H2,1-4H3/t16-,21-/m0/s1. The summed E-state index contributed by atoms with van der Waals surface area (Å²) in [4.78, 5) is 15.2. The van der Waals surface area contributed by atoms with Crippen LogP contribution in [-0.4, -0.2) is 30.8 Å². The molecule has 2 aromatic rings. The van der Waals surface area contributed by atoms with Crippen molar-refractivity contribution in [2.24, 2.45) is 0 Å². The number of rotatable bonds is 7. The number of hydrogen-bond acceptors (Lipinski definition) is 2. The number of halogens is 1. The van der Waals surface area contributed by atoms with E-state index in [1.165, 1.54) is 6.07 Å². The zero-order valence-electron chi connectivity index (χ0n) is 14.9. The van der Waals surface area contributed by atoms with Crippen LogP contribution in [0.2, 0.25) is 0 Å². The maximum absolute atomic E-state index is 14.8. The number of Topliss-reactive ketones (excluding diaryl/α,β-unsaturated/α-hetero) is 1. The van der Waals surface area contributed by atoms with Crippen LogP contribution in [0.1, 0.15) is 37.8 Å². The van der Waals surface area contributed by atoms with Gasteiger partial charge in [0.2, 0.25) is 0 Å². The summed E-state index contributed by atoms with van der Waals surface area (Å²) in [7, 11) is 3.97. The zero-order chi connectivity index (χ0) is 17.7. The lowest BCUT2D eigenvalue weighted by molar-refractivity contribution is -0.123. The molecule has 0 saturated carbocycles. The zero-order valence-corrected chi connectivity index (χ0v) is 14.9. The molecule has 0 bridgehead atoms. The van der Waals surface area contributed by atoms with Gasteiger partial charge in [0, 0.05) is 18.0 Å². The van der Waals surface area contributed by atoms with Crippen molar-refractivity contribution in [3.05, 3.63) is 71.5 Å². The Labute approximate surface area is 144 Å². The van der Waals surface area contributed by atoms with Crippen LogP contribution < -0.4 is 0 Å². The van der Waals surface area contributed by atoms with Crippen molar-refractivity contribution in [2.45, 2.75) is 38.1 Å². The summed E-state index contributed by atoms with van der Waals surface area (Å²) < 4.78 is 14.8. The van der Waals surface area contributed by atoms with Gasteiger partial charge in [-0.1, -0.05) is 55.5 Å². The molecule has 3 heteroatoms. The molecule has 0 aliphatic carbocycles. The third-order valence-corrected chi connectivity index (χ3v) is 4.88. The number of hydrogen-bond donors (Lipinski definition) is 0. The second-order valence-electron chi connectivity index (χ2n) is 6.54. The Kier molecular flexibility index (Phi) is 5.89. The number of benzene rings is 2. The first-order valence-corrected chi connectivity index (χ1v) is 8.43. The van der Waals surface area contributed by atoms with Crippen LogP contribution in [0.25, 0.3) is 0 Å². The van der Waals surface area contributed by atoms with Crippen LogP contribution in [-0.2, 0) is 10.2 Å². The molecule has 2 aromatic carbocycles. The second kappa shape index (κ2) is 7.71. The van der Waals surface area contributed by atoms with Gasteiger partial charge in [-0.2, -0.15) is 0 Å². The monoisotopic (exact) mass is 327 g/mol. The summed E-state index contributed by atoms with van der Waals surface area (Å²) in [5.74, 6) is -0.276. The number of nitrogens with zero attached hydrogens (tertiary/aromatic N) is 1. The number of carbonyl (C=O) groups is 1. The maximum Gasteiger partial charge on any atom is 0.147 e. The van der Waals surface area contributed by atoms with Gasteiger partial charge in [-0.05, 0) is 39.1 Å². The fourth-order valence-electron chi connectivity index (χ4n) is 3.27. The molecule has 2 atom stereocenters. The van der Waals surface area contributed by atoms with Crippen LogP contribution in [0.15, 0.2) is 54.6 Å². The van der Waals surface area contributed by atoms with Crippen molar-refractivity contribution >= 4 is 5.78 Å². The van der Waals surface area contributed by atoms with Crippen molar-refractivity contribution in [2.75, 3.05) is 14.1 Å². The Morgan fingerprint density at radius 1 is 1.08 bits per heavy atom. The summed E-state index contributed by atoms with van der Waals surface area (Å²) in [6.45, 7) is 3.92. The Bertz CT molecular complexity index is 683. The molecule has 0 aliphatic rings. The minimum absolute atomic E-state index is 0.0486. The third kappa shape index (κ3) is 3.41. The topological polar surface area (TPSA) is 20.3 Å². The highest BCUT2D eigenvalue weighted by Crippen LogP contribution is 2.40. The van der Waals surface area contributed by atoms with E-state index in [1.54, 1.807) is 18.2 Å². The molecular formula is C21H26FNO. The molecule has 0 unspecified atom stereocenters. The fraction of sp³-hybridized carbons (Fsp3) is 0.381. The molecule has 0 saturated heterocycles. The predicted octanol–water partition coefficient (Wildman–Crippen LogP) is 4.43. The van der Waals surface area contributed by atoms with Crippen LogP contribution >= 0.6 is 0 Å². The number of carbonyl (C=O) groups excluding carboxylic acids is 1. The van der Waals surface area contributed by atoms with E-state index in [2.05, 4.69) is 11.8 Å². The van der Waals surface area contributed by atoms with Crippen molar-refractivity contribution in [1.29, 1.82) is 0 Å². The fourth-order valence-corrected chi connectivity index (χ4v) is 3.27. The SMILES string of the molecule is CCC(=O)[C@@](C[C@H](C)N(C)C)(c1ccccc1)c1ccccc1F. The summed E-state index contributed by atoms with van der Waals surface area (Å²) in [5.41, 5.74) is 0.359. The van der Waals surface area contributed by atoms with Crippen molar-refractivity contribution in [1.82, 2.24) is 4.90 Å². The summed E-state index contributed by atoms with van der Waals surface area (Å²) >= 11 is 0. The van der Waals surface area contributed by atoms with Gasteiger partial charge >= 0.3 is 0 Å². The van der Waals surface area contributed by atoms with E-state index in [-0.39, 0.29) is 17.6 Å². The number of ketones is 1. The molecule has 24 heavy (non-hydrogen) atoms. The average molecular weight is 327 g/mol. The second-order valence-corrected chi connectivity index (χ2v) is 6.54. The maximum atomic E-state index is 14.8. The van der Waals surface area contributed by atoms with E-state index < -0.39 is 5.41 Å². The lowest BCUT2D eigenvalue weighted by atomic mass is 9.66. The minimum Gasteiger partial charge on any atom is -0.307 e. The van der Waals surface area contributed by atoms with E-state index in [9.17, 15) is 9.18 Å². The highest BCUT2D eigenvalue weighted by molar-refractivity contribution is 5.93. The molecule has 0 amide bonds. The Balaban J connectivity index is 2.74. The predicted molar refractivity (Wildman–Crippen MR) is 96.7 cm³/mol. The van der Waals surface area contributed by atoms with E-state index >= 15 is 0 Å². The van der Waals surface area contributed by atoms with Gasteiger partial charge in [0.25, 0.3) is 0 Å². The third-order valence-electron chi connectivity index (χ3n) is 4.88. The van der Waals surface area contributed by atoms with E-state index in [4.69, 9.17) is 0 Å². The molecule has 2 rings (SSSR count). The van der Waals surface area contributed by atoms with Gasteiger partial charge in [-0.15, -0.1) is 0 Å². The van der Waals surface area contributed by atoms with Gasteiger partial charge in [0.15, 0.2) is 0 Å². The van der Waals surface area contributed by atoms with Gasteiger partial charge in [-0.25, -0.2) is 4.39 Å². The molecule has 0 spiro atoms. The van der Waals surface area contributed by atoms with Crippen molar-refractivity contribution in [3.63, 3.8) is 0 Å². The van der Waals surface area contributed by atoms with Crippen LogP contribution in [0.3, 0.4) is 0 Å². The average Bonchev–Trinajstić information content (AvgIpc) is 2.60. The molecule has 128 valence electrons. The largest absolute Gasteiger partial charge is 0.307 e. The first-order chi connectivity index (χ1) is 11.4. The smallest absolute Gasteiger partial charge is 0.147 e. The molecule has 0 heterocycles. The molecule has 2 nitrogen and oxygen atoms in total. The summed E-state index contributed by atoms with van der Waals surface area (Å²) in [6, 6.07) is 16.4. The summed E-state index contributed by atoms with van der Waals surface area (Å²) in [6.07, 6.45) is 0.904. The highest BCUT2D eigenvalue weighted by atomic mass is 19.1. The van der Waals surface area contributed by atoms with E-state index in [0.717, 1.165) is 5.56 Å². The normalized spacial score (nSPS) is 15.1. The van der Waals surface area contributed by atoms with E-state index in [0.29, 0.717) is 18.4 Å².